The first-order valence-corrected chi connectivity index (χ1v) is 8.30. The second-order valence-electron chi connectivity index (χ2n) is 6.90. The minimum absolute atomic E-state index is 0.0565. The summed E-state index contributed by atoms with van der Waals surface area (Å²) in [6.07, 6.45) is 5.25. The Morgan fingerprint density at radius 1 is 1.30 bits per heavy atom. The molecule has 5 nitrogen and oxygen atoms in total. The first-order valence-electron chi connectivity index (χ1n) is 8.30. The fourth-order valence-electron chi connectivity index (χ4n) is 4.19. The monoisotopic (exact) mass is 311 g/mol. The van der Waals surface area contributed by atoms with Gasteiger partial charge in [0, 0.05) is 47.4 Å². The lowest BCUT2D eigenvalue weighted by molar-refractivity contribution is 0.100. The Kier molecular flexibility index (Phi) is 3.45. The molecular formula is C18H21N3O2. The second-order valence-corrected chi connectivity index (χ2v) is 6.90. The van der Waals surface area contributed by atoms with E-state index in [9.17, 15) is 9.59 Å². The van der Waals surface area contributed by atoms with Crippen molar-refractivity contribution in [1.29, 1.82) is 0 Å². The predicted molar refractivity (Wildman–Crippen MR) is 89.2 cm³/mol. The lowest BCUT2D eigenvalue weighted by atomic mass is 9.90. The van der Waals surface area contributed by atoms with E-state index in [-0.39, 0.29) is 5.43 Å². The number of aromatic nitrogens is 1. The van der Waals surface area contributed by atoms with Crippen LogP contribution in [0.15, 0.2) is 29.1 Å². The number of carbonyl (C=O) groups excluding carboxylic acids is 1. The van der Waals surface area contributed by atoms with Gasteiger partial charge in [-0.2, -0.15) is 0 Å². The molecule has 0 radical (unpaired) electrons. The third kappa shape index (κ3) is 2.65. The van der Waals surface area contributed by atoms with E-state index < -0.39 is 5.91 Å². The zero-order chi connectivity index (χ0) is 16.0. The Morgan fingerprint density at radius 2 is 2.17 bits per heavy atom. The summed E-state index contributed by atoms with van der Waals surface area (Å²) in [4.78, 5) is 29.5. The Hall–Kier alpha value is -2.14. The number of amides is 1. The zero-order valence-electron chi connectivity index (χ0n) is 13.0. The van der Waals surface area contributed by atoms with Crippen LogP contribution in [-0.2, 0) is 6.54 Å². The fourth-order valence-corrected chi connectivity index (χ4v) is 4.19. The van der Waals surface area contributed by atoms with Crippen LogP contribution in [0.3, 0.4) is 0 Å². The van der Waals surface area contributed by atoms with Crippen LogP contribution in [0.25, 0.3) is 10.9 Å². The van der Waals surface area contributed by atoms with Gasteiger partial charge in [0.1, 0.15) is 0 Å². The highest BCUT2D eigenvalue weighted by Crippen LogP contribution is 2.35. The van der Waals surface area contributed by atoms with E-state index in [1.165, 1.54) is 25.7 Å². The number of pyridine rings is 1. The maximum atomic E-state index is 12.4. The van der Waals surface area contributed by atoms with Crippen molar-refractivity contribution >= 4 is 16.8 Å². The van der Waals surface area contributed by atoms with E-state index in [1.807, 2.05) is 0 Å². The second kappa shape index (κ2) is 5.49. The van der Waals surface area contributed by atoms with Gasteiger partial charge in [-0.25, -0.2) is 0 Å². The van der Waals surface area contributed by atoms with Crippen molar-refractivity contribution in [2.75, 3.05) is 6.54 Å². The van der Waals surface area contributed by atoms with Crippen LogP contribution in [0.1, 0.15) is 41.7 Å². The molecule has 3 N–H and O–H groups in total. The van der Waals surface area contributed by atoms with Gasteiger partial charge in [0.05, 0.1) is 0 Å². The van der Waals surface area contributed by atoms with Crippen molar-refractivity contribution in [2.24, 2.45) is 11.7 Å². The van der Waals surface area contributed by atoms with Gasteiger partial charge in [0.15, 0.2) is 5.43 Å². The van der Waals surface area contributed by atoms with E-state index in [2.05, 4.69) is 9.88 Å². The number of nitrogens with two attached hydrogens (primary N) is 1. The maximum Gasteiger partial charge on any atom is 0.248 e. The molecule has 0 unspecified atom stereocenters. The molecule has 1 amide bonds. The number of hydrogen-bond donors (Lipinski definition) is 2. The van der Waals surface area contributed by atoms with Gasteiger partial charge < -0.3 is 10.7 Å². The molecule has 5 heteroatoms. The normalized spacial score (nSPS) is 24.2. The Bertz CT molecular complexity index is 827. The van der Waals surface area contributed by atoms with Crippen LogP contribution in [0.5, 0.6) is 0 Å². The summed E-state index contributed by atoms with van der Waals surface area (Å²) in [6.45, 7) is 1.94. The maximum absolute atomic E-state index is 12.4. The number of nitrogens with zero attached hydrogens (tertiary/aromatic N) is 1. The molecule has 120 valence electrons. The van der Waals surface area contributed by atoms with E-state index >= 15 is 0 Å². The van der Waals surface area contributed by atoms with Crippen molar-refractivity contribution in [1.82, 2.24) is 9.88 Å². The van der Waals surface area contributed by atoms with Crippen LogP contribution in [0.4, 0.5) is 0 Å². The topological polar surface area (TPSA) is 79.2 Å². The largest absolute Gasteiger partial charge is 0.366 e. The van der Waals surface area contributed by atoms with Crippen molar-refractivity contribution in [3.8, 4) is 0 Å². The van der Waals surface area contributed by atoms with Crippen LogP contribution < -0.4 is 11.2 Å². The molecule has 0 spiro atoms. The van der Waals surface area contributed by atoms with E-state index in [0.29, 0.717) is 17.0 Å². The summed E-state index contributed by atoms with van der Waals surface area (Å²) >= 11 is 0. The molecule has 2 aromatic rings. The molecule has 2 atom stereocenters. The highest BCUT2D eigenvalue weighted by atomic mass is 16.1. The first kappa shape index (κ1) is 14.5. The lowest BCUT2D eigenvalue weighted by Crippen LogP contribution is -2.29. The molecule has 1 aromatic heterocycles. The highest BCUT2D eigenvalue weighted by Gasteiger charge is 2.34. The predicted octanol–water partition coefficient (Wildman–Crippen LogP) is 2.00. The van der Waals surface area contributed by atoms with Gasteiger partial charge in [-0.1, -0.05) is 6.42 Å². The molecule has 2 bridgehead atoms. The summed E-state index contributed by atoms with van der Waals surface area (Å²) in [7, 11) is 0. The van der Waals surface area contributed by atoms with Crippen molar-refractivity contribution in [3.63, 3.8) is 0 Å². The molecule has 2 fully saturated rings. The summed E-state index contributed by atoms with van der Waals surface area (Å²) in [6, 6.07) is 7.33. The van der Waals surface area contributed by atoms with E-state index in [0.717, 1.165) is 30.2 Å². The smallest absolute Gasteiger partial charge is 0.248 e. The molecule has 1 aliphatic heterocycles. The number of aromatic amines is 1. The first-order chi connectivity index (χ1) is 11.1. The number of nitrogens with one attached hydrogen (secondary N) is 1. The Balaban J connectivity index is 1.65. The quantitative estimate of drug-likeness (QED) is 0.910. The number of fused-ring (bicyclic) bond motifs is 3. The van der Waals surface area contributed by atoms with Gasteiger partial charge >= 0.3 is 0 Å². The molecule has 4 rings (SSSR count). The standard InChI is InChI=1S/C18H21N3O2/c19-18(23)12-4-5-16-15(7-12)17(22)8-13(20-16)10-21-9-11-2-1-3-14(21)6-11/h4-5,7-8,11,14H,1-3,6,9-10H2,(H2,19,23)(H,20,22)/t11-,14+/m1/s1. The van der Waals surface area contributed by atoms with Crippen molar-refractivity contribution in [2.45, 2.75) is 38.3 Å². The third-order valence-electron chi connectivity index (χ3n) is 5.31. The average molecular weight is 311 g/mol. The van der Waals surface area contributed by atoms with Crippen molar-refractivity contribution in [3.05, 3.63) is 45.7 Å². The average Bonchev–Trinajstić information content (AvgIpc) is 2.80. The zero-order valence-corrected chi connectivity index (χ0v) is 13.0. The summed E-state index contributed by atoms with van der Waals surface area (Å²) in [5.41, 5.74) is 7.30. The highest BCUT2D eigenvalue weighted by molar-refractivity contribution is 5.96. The molecule has 1 aromatic carbocycles. The number of primary amides is 1. The van der Waals surface area contributed by atoms with Crippen LogP contribution in [-0.4, -0.2) is 28.4 Å². The molecule has 1 saturated carbocycles. The van der Waals surface area contributed by atoms with Crippen LogP contribution in [0, 0.1) is 5.92 Å². The molecular weight excluding hydrogens is 290 g/mol. The Labute approximate surface area is 134 Å². The van der Waals surface area contributed by atoms with E-state index in [1.54, 1.807) is 24.3 Å². The van der Waals surface area contributed by atoms with Gasteiger partial charge in [-0.05, 0) is 43.4 Å². The lowest BCUT2D eigenvalue weighted by Gasteiger charge is -2.24. The number of benzene rings is 1. The number of H-pyrrole nitrogens is 1. The molecule has 2 aliphatic rings. The Morgan fingerprint density at radius 3 is 2.96 bits per heavy atom. The fraction of sp³-hybridized carbons (Fsp3) is 0.444. The number of likely N-dealkylation sites (tertiary alicyclic amines) is 1. The van der Waals surface area contributed by atoms with E-state index in [4.69, 9.17) is 5.73 Å². The minimum atomic E-state index is -0.514. The number of carbonyl (C=O) groups is 1. The summed E-state index contributed by atoms with van der Waals surface area (Å²) in [5, 5.41) is 0.519. The minimum Gasteiger partial charge on any atom is -0.366 e. The van der Waals surface area contributed by atoms with Crippen molar-refractivity contribution < 1.29 is 4.79 Å². The number of hydrogen-bond acceptors (Lipinski definition) is 3. The molecule has 23 heavy (non-hydrogen) atoms. The molecule has 1 saturated heterocycles. The van der Waals surface area contributed by atoms with Gasteiger partial charge in [0.2, 0.25) is 5.91 Å². The molecule has 2 heterocycles. The van der Waals surface area contributed by atoms with Gasteiger partial charge in [-0.3, -0.25) is 14.5 Å². The third-order valence-corrected chi connectivity index (χ3v) is 5.31. The van der Waals surface area contributed by atoms with Crippen LogP contribution in [0.2, 0.25) is 0 Å². The number of rotatable bonds is 3. The molecule has 1 aliphatic carbocycles. The van der Waals surface area contributed by atoms with Crippen LogP contribution >= 0.6 is 0 Å². The SMILES string of the molecule is NC(=O)c1ccc2[nH]c(CN3C[C@@H]4CCC[C@H]3C4)cc(=O)c2c1. The van der Waals surface area contributed by atoms with Gasteiger partial charge in [0.25, 0.3) is 0 Å². The summed E-state index contributed by atoms with van der Waals surface area (Å²) < 4.78 is 0. The summed E-state index contributed by atoms with van der Waals surface area (Å²) in [5.74, 6) is 0.318. The van der Waals surface area contributed by atoms with Gasteiger partial charge in [-0.15, -0.1) is 0 Å².